The van der Waals surface area contributed by atoms with Gasteiger partial charge in [0.15, 0.2) is 0 Å². The molecule has 180 valence electrons. The van der Waals surface area contributed by atoms with Gasteiger partial charge in [-0.05, 0) is 53.6 Å². The molecule has 0 N–H and O–H groups in total. The van der Waals surface area contributed by atoms with Gasteiger partial charge in [-0.1, -0.05) is 18.2 Å². The Bertz CT molecular complexity index is 1250. The van der Waals surface area contributed by atoms with Crippen LogP contribution in [0.1, 0.15) is 21.7 Å². The van der Waals surface area contributed by atoms with Crippen LogP contribution in [0.4, 0.5) is 32.3 Å². The lowest BCUT2D eigenvalue weighted by Crippen LogP contribution is -2.33. The molecular weight excluding hydrogens is 502 g/mol. The quantitative estimate of drug-likeness (QED) is 0.322. The molecule has 0 bridgehead atoms. The second-order valence-corrected chi connectivity index (χ2v) is 9.63. The lowest BCUT2D eigenvalue weighted by atomic mass is 10.00. The summed E-state index contributed by atoms with van der Waals surface area (Å²) in [5, 5.41) is 0. The van der Waals surface area contributed by atoms with Gasteiger partial charge in [0.25, 0.3) is 0 Å². The summed E-state index contributed by atoms with van der Waals surface area (Å²) >= 11 is 0.395. The summed E-state index contributed by atoms with van der Waals surface area (Å²) < 4.78 is 76.8. The Morgan fingerprint density at radius 1 is 1.03 bits per heavy atom. The van der Waals surface area contributed by atoms with Gasteiger partial charge in [0.05, 0.1) is 6.54 Å². The van der Waals surface area contributed by atoms with Crippen molar-refractivity contribution < 1.29 is 26.3 Å². The minimum atomic E-state index is -4.43. The molecule has 0 atom stereocenters. The zero-order valence-corrected chi connectivity index (χ0v) is 18.9. The van der Waals surface area contributed by atoms with Crippen LogP contribution in [-0.2, 0) is 12.7 Å². The van der Waals surface area contributed by atoms with Gasteiger partial charge in [0.1, 0.15) is 11.2 Å². The van der Waals surface area contributed by atoms with Crippen LogP contribution in [0.3, 0.4) is 0 Å². The summed E-state index contributed by atoms with van der Waals surface area (Å²) in [6, 6.07) is 8.42. The number of thiophene rings is 1. The van der Waals surface area contributed by atoms with Crippen LogP contribution in [0.2, 0.25) is 0 Å². The molecule has 0 fully saturated rings. The van der Waals surface area contributed by atoms with Crippen LogP contribution in [0.25, 0.3) is 5.57 Å². The van der Waals surface area contributed by atoms with Crippen molar-refractivity contribution in [3.05, 3.63) is 74.6 Å². The average molecular weight is 519 g/mol. The lowest BCUT2D eigenvalue weighted by molar-refractivity contribution is -0.134. The summed E-state index contributed by atoms with van der Waals surface area (Å²) in [4.78, 5) is 22.0. The van der Waals surface area contributed by atoms with Gasteiger partial charge >= 0.3 is 17.4 Å². The van der Waals surface area contributed by atoms with Gasteiger partial charge in [0.2, 0.25) is 5.95 Å². The van der Waals surface area contributed by atoms with Crippen molar-refractivity contribution in [2.24, 2.45) is 0 Å². The number of thioether (sulfide) groups is 1. The number of hydrogen-bond acceptors (Lipinski definition) is 6. The van der Waals surface area contributed by atoms with Crippen molar-refractivity contribution in [1.82, 2.24) is 14.5 Å². The van der Waals surface area contributed by atoms with E-state index in [1.54, 1.807) is 17.0 Å². The highest BCUT2D eigenvalue weighted by atomic mass is 32.2. The number of rotatable bonds is 5. The van der Waals surface area contributed by atoms with E-state index in [4.69, 9.17) is 0 Å². The van der Waals surface area contributed by atoms with E-state index in [1.807, 2.05) is 6.08 Å². The molecule has 2 aromatic heterocycles. The first-order chi connectivity index (χ1) is 16.0. The predicted octanol–water partition coefficient (Wildman–Crippen LogP) is 5.67. The van der Waals surface area contributed by atoms with Crippen molar-refractivity contribution in [3.63, 3.8) is 0 Å². The highest BCUT2D eigenvalue weighted by Gasteiger charge is 2.32. The minimum Gasteiger partial charge on any atom is -0.337 e. The second-order valence-electron chi connectivity index (χ2n) is 7.33. The summed E-state index contributed by atoms with van der Waals surface area (Å²) in [5.74, 6) is 0.204. The molecule has 0 amide bonds. The van der Waals surface area contributed by atoms with Crippen molar-refractivity contribution in [2.45, 2.75) is 29.5 Å². The zero-order chi connectivity index (χ0) is 24.5. The van der Waals surface area contributed by atoms with Crippen molar-refractivity contribution in [3.8, 4) is 0 Å². The highest BCUT2D eigenvalue weighted by Crippen LogP contribution is 2.37. The smallest absolute Gasteiger partial charge is 0.337 e. The van der Waals surface area contributed by atoms with E-state index < -0.39 is 22.3 Å². The predicted molar refractivity (Wildman–Crippen MR) is 118 cm³/mol. The molecule has 0 radical (unpaired) electrons. The Morgan fingerprint density at radius 2 is 1.76 bits per heavy atom. The third-order valence-corrected chi connectivity index (χ3v) is 6.83. The fourth-order valence-electron chi connectivity index (χ4n) is 3.38. The molecule has 0 saturated heterocycles. The van der Waals surface area contributed by atoms with E-state index in [1.165, 1.54) is 24.5 Å². The maximum absolute atomic E-state index is 12.8. The molecule has 5 nitrogen and oxygen atoms in total. The summed E-state index contributed by atoms with van der Waals surface area (Å²) in [6.07, 6.45) is -0.699. The van der Waals surface area contributed by atoms with Gasteiger partial charge in [-0.25, -0.2) is 9.78 Å². The third kappa shape index (κ3) is 6.00. The highest BCUT2D eigenvalue weighted by molar-refractivity contribution is 8.00. The fourth-order valence-corrected chi connectivity index (χ4v) is 4.79. The van der Waals surface area contributed by atoms with Crippen LogP contribution in [0.15, 0.2) is 58.5 Å². The molecule has 3 aromatic rings. The van der Waals surface area contributed by atoms with E-state index >= 15 is 0 Å². The third-order valence-electron chi connectivity index (χ3n) is 4.97. The number of anilines is 1. The van der Waals surface area contributed by atoms with Crippen LogP contribution in [0.5, 0.6) is 0 Å². The maximum Gasteiger partial charge on any atom is 0.446 e. The van der Waals surface area contributed by atoms with Gasteiger partial charge < -0.3 is 4.90 Å². The Hall–Kier alpha value is -2.80. The summed E-state index contributed by atoms with van der Waals surface area (Å²) in [5.41, 5.74) is -3.18. The molecule has 0 aliphatic carbocycles. The fraction of sp³-hybridized carbons (Fsp3) is 0.286. The first-order valence-corrected chi connectivity index (χ1v) is 11.5. The average Bonchev–Trinajstić information content (AvgIpc) is 3.24. The number of hydrogen-bond donors (Lipinski definition) is 0. The maximum atomic E-state index is 12.8. The molecule has 4 rings (SSSR count). The van der Waals surface area contributed by atoms with Gasteiger partial charge in [-0.3, -0.25) is 4.57 Å². The normalized spacial score (nSPS) is 14.9. The molecule has 0 unspecified atom stereocenters. The molecular formula is C21H16F6N4OS2. The van der Waals surface area contributed by atoms with Crippen LogP contribution < -0.4 is 10.6 Å². The van der Waals surface area contributed by atoms with Gasteiger partial charge in [-0.15, -0.1) is 11.3 Å². The van der Waals surface area contributed by atoms with E-state index in [9.17, 15) is 31.1 Å². The molecule has 1 aromatic carbocycles. The number of alkyl halides is 6. The largest absolute Gasteiger partial charge is 0.446 e. The molecule has 13 heteroatoms. The van der Waals surface area contributed by atoms with Crippen LogP contribution >= 0.6 is 23.1 Å². The minimum absolute atomic E-state index is 0.0630. The number of aromatic nitrogens is 3. The number of benzene rings is 1. The molecule has 0 spiro atoms. The molecule has 0 saturated carbocycles. The van der Waals surface area contributed by atoms with Crippen molar-refractivity contribution >= 4 is 34.6 Å². The summed E-state index contributed by atoms with van der Waals surface area (Å²) in [7, 11) is 0. The number of nitrogens with zero attached hydrogens (tertiary/aromatic N) is 4. The van der Waals surface area contributed by atoms with E-state index in [0.29, 0.717) is 35.7 Å². The standard InChI is InChI=1S/C21H16F6N4OS2/c22-20(23,24)17-6-5-16(33-17)11-31-12-28-18(29-19(31)32)30-9-7-14(8-10-30)13-1-3-15(4-2-13)34-21(25,26)27/h1-7,12H,8-11H2. The Morgan fingerprint density at radius 3 is 2.32 bits per heavy atom. The van der Waals surface area contributed by atoms with E-state index in [-0.39, 0.29) is 29.2 Å². The van der Waals surface area contributed by atoms with Gasteiger partial charge in [0, 0.05) is 22.9 Å². The first kappa shape index (κ1) is 24.3. The topological polar surface area (TPSA) is 51.0 Å². The molecule has 1 aliphatic heterocycles. The van der Waals surface area contributed by atoms with Gasteiger partial charge in [-0.2, -0.15) is 31.3 Å². The summed E-state index contributed by atoms with van der Waals surface area (Å²) in [6.45, 7) is 0.832. The lowest BCUT2D eigenvalue weighted by Gasteiger charge is -2.26. The SMILES string of the molecule is O=c1nc(N2CC=C(c3ccc(SC(F)(F)F)cc3)CC2)ncn1Cc1ccc(C(F)(F)F)s1. The van der Waals surface area contributed by atoms with E-state index in [2.05, 4.69) is 9.97 Å². The monoisotopic (exact) mass is 518 g/mol. The zero-order valence-electron chi connectivity index (χ0n) is 17.2. The van der Waals surface area contributed by atoms with Crippen LogP contribution in [0, 0.1) is 0 Å². The Labute approximate surface area is 197 Å². The Kier molecular flexibility index (Phi) is 6.76. The molecule has 1 aliphatic rings. The van der Waals surface area contributed by atoms with Crippen molar-refractivity contribution in [2.75, 3.05) is 18.0 Å². The van der Waals surface area contributed by atoms with Crippen LogP contribution in [-0.4, -0.2) is 33.1 Å². The van der Waals surface area contributed by atoms with E-state index in [0.717, 1.165) is 21.8 Å². The van der Waals surface area contributed by atoms with Crippen molar-refractivity contribution in [1.29, 1.82) is 0 Å². The number of halogens is 6. The Balaban J connectivity index is 1.41. The molecule has 34 heavy (non-hydrogen) atoms. The second kappa shape index (κ2) is 9.45. The molecule has 3 heterocycles. The first-order valence-electron chi connectivity index (χ1n) is 9.87.